The van der Waals surface area contributed by atoms with Gasteiger partial charge < -0.3 is 5.32 Å². The fraction of sp³-hybridized carbons (Fsp3) is 0.529. The lowest BCUT2D eigenvalue weighted by Crippen LogP contribution is -2.28. The van der Waals surface area contributed by atoms with Gasteiger partial charge in [0.1, 0.15) is 0 Å². The molecule has 1 heterocycles. The zero-order valence-corrected chi connectivity index (χ0v) is 12.3. The van der Waals surface area contributed by atoms with Crippen molar-refractivity contribution >= 4 is 11.0 Å². The SMILES string of the molecule is CNC(c1cccc2nccnc12)C1CCC(C)CC1. The third-order valence-electron chi connectivity index (χ3n) is 4.71. The van der Waals surface area contributed by atoms with Gasteiger partial charge >= 0.3 is 0 Å². The van der Waals surface area contributed by atoms with Crippen molar-refractivity contribution in [3.05, 3.63) is 36.2 Å². The first-order chi connectivity index (χ1) is 9.79. The molecule has 106 valence electrons. The molecule has 0 bridgehead atoms. The molecule has 1 fully saturated rings. The molecule has 20 heavy (non-hydrogen) atoms. The molecule has 1 saturated carbocycles. The van der Waals surface area contributed by atoms with Crippen LogP contribution in [0.2, 0.25) is 0 Å². The monoisotopic (exact) mass is 269 g/mol. The van der Waals surface area contributed by atoms with E-state index in [1.165, 1.54) is 31.2 Å². The molecule has 1 N–H and O–H groups in total. The lowest BCUT2D eigenvalue weighted by molar-refractivity contribution is 0.238. The molecule has 1 aromatic heterocycles. The maximum atomic E-state index is 4.56. The van der Waals surface area contributed by atoms with Gasteiger partial charge in [0.15, 0.2) is 0 Å². The van der Waals surface area contributed by atoms with Gasteiger partial charge in [-0.1, -0.05) is 31.9 Å². The third-order valence-corrected chi connectivity index (χ3v) is 4.71. The van der Waals surface area contributed by atoms with Crippen molar-refractivity contribution in [3.63, 3.8) is 0 Å². The second kappa shape index (κ2) is 5.88. The van der Waals surface area contributed by atoms with Crippen LogP contribution in [0, 0.1) is 11.8 Å². The number of hydrogen-bond acceptors (Lipinski definition) is 3. The van der Waals surface area contributed by atoms with Gasteiger partial charge in [-0.25, -0.2) is 0 Å². The highest BCUT2D eigenvalue weighted by Crippen LogP contribution is 2.37. The van der Waals surface area contributed by atoms with E-state index in [-0.39, 0.29) is 0 Å². The Morgan fingerprint density at radius 1 is 1.10 bits per heavy atom. The Labute approximate surface area is 120 Å². The maximum absolute atomic E-state index is 4.56. The quantitative estimate of drug-likeness (QED) is 0.923. The van der Waals surface area contributed by atoms with Gasteiger partial charge in [-0.3, -0.25) is 9.97 Å². The Bertz CT molecular complexity index is 568. The molecule has 0 saturated heterocycles. The minimum absolute atomic E-state index is 0.392. The second-order valence-electron chi connectivity index (χ2n) is 6.06. The van der Waals surface area contributed by atoms with Crippen LogP contribution in [-0.2, 0) is 0 Å². The summed E-state index contributed by atoms with van der Waals surface area (Å²) in [6, 6.07) is 6.74. The van der Waals surface area contributed by atoms with Crippen molar-refractivity contribution < 1.29 is 0 Å². The number of benzene rings is 1. The molecule has 3 heteroatoms. The van der Waals surface area contributed by atoms with Crippen LogP contribution < -0.4 is 5.32 Å². The molecule has 1 aliphatic rings. The van der Waals surface area contributed by atoms with Gasteiger partial charge in [0, 0.05) is 18.4 Å². The van der Waals surface area contributed by atoms with Crippen molar-refractivity contribution in [1.82, 2.24) is 15.3 Å². The van der Waals surface area contributed by atoms with Crippen LogP contribution in [0.15, 0.2) is 30.6 Å². The number of nitrogens with zero attached hydrogens (tertiary/aromatic N) is 2. The Balaban J connectivity index is 1.95. The van der Waals surface area contributed by atoms with Gasteiger partial charge in [-0.15, -0.1) is 0 Å². The standard InChI is InChI=1S/C17H23N3/c1-12-6-8-13(9-7-12)16(18-2)14-4-3-5-15-17(14)20-11-10-19-15/h3-5,10-13,16,18H,6-9H2,1-2H3. The average Bonchev–Trinajstić information content (AvgIpc) is 2.50. The maximum Gasteiger partial charge on any atom is 0.0934 e. The normalized spacial score (nSPS) is 24.7. The van der Waals surface area contributed by atoms with Crippen LogP contribution in [0.3, 0.4) is 0 Å². The van der Waals surface area contributed by atoms with Crippen molar-refractivity contribution in [2.75, 3.05) is 7.05 Å². The number of rotatable bonds is 3. The molecule has 0 amide bonds. The summed E-state index contributed by atoms with van der Waals surface area (Å²) in [5.41, 5.74) is 3.35. The van der Waals surface area contributed by atoms with Crippen molar-refractivity contribution in [1.29, 1.82) is 0 Å². The van der Waals surface area contributed by atoms with E-state index in [4.69, 9.17) is 0 Å². The third kappa shape index (κ3) is 2.55. The number of hydrogen-bond donors (Lipinski definition) is 1. The molecule has 1 aromatic carbocycles. The molecular formula is C17H23N3. The van der Waals surface area contributed by atoms with E-state index < -0.39 is 0 Å². The van der Waals surface area contributed by atoms with Gasteiger partial charge in [-0.05, 0) is 43.4 Å². The predicted molar refractivity (Wildman–Crippen MR) is 82.5 cm³/mol. The van der Waals surface area contributed by atoms with Crippen LogP contribution >= 0.6 is 0 Å². The minimum atomic E-state index is 0.392. The molecule has 1 unspecified atom stereocenters. The summed E-state index contributed by atoms with van der Waals surface area (Å²) < 4.78 is 0. The van der Waals surface area contributed by atoms with Crippen LogP contribution in [0.4, 0.5) is 0 Å². The molecule has 0 radical (unpaired) electrons. The summed E-state index contributed by atoms with van der Waals surface area (Å²) in [6.45, 7) is 2.37. The molecular weight excluding hydrogens is 246 g/mol. The van der Waals surface area contributed by atoms with Gasteiger partial charge in [0.2, 0.25) is 0 Å². The van der Waals surface area contributed by atoms with E-state index in [1.807, 2.05) is 6.07 Å². The second-order valence-corrected chi connectivity index (χ2v) is 6.06. The van der Waals surface area contributed by atoms with E-state index in [0.717, 1.165) is 17.0 Å². The summed E-state index contributed by atoms with van der Waals surface area (Å²) in [6.07, 6.45) is 8.87. The highest BCUT2D eigenvalue weighted by Gasteiger charge is 2.27. The average molecular weight is 269 g/mol. The summed E-state index contributed by atoms with van der Waals surface area (Å²) in [7, 11) is 2.07. The first-order valence-corrected chi connectivity index (χ1v) is 7.66. The van der Waals surface area contributed by atoms with E-state index >= 15 is 0 Å². The van der Waals surface area contributed by atoms with E-state index in [0.29, 0.717) is 12.0 Å². The fourth-order valence-electron chi connectivity index (χ4n) is 3.53. The summed E-state index contributed by atoms with van der Waals surface area (Å²) >= 11 is 0. The molecule has 3 rings (SSSR count). The lowest BCUT2D eigenvalue weighted by Gasteiger charge is -2.33. The Morgan fingerprint density at radius 3 is 2.60 bits per heavy atom. The fourth-order valence-corrected chi connectivity index (χ4v) is 3.53. The van der Waals surface area contributed by atoms with Crippen LogP contribution in [0.5, 0.6) is 0 Å². The number of aromatic nitrogens is 2. The molecule has 1 aliphatic carbocycles. The van der Waals surface area contributed by atoms with Crippen LogP contribution in [0.25, 0.3) is 11.0 Å². The first-order valence-electron chi connectivity index (χ1n) is 7.66. The lowest BCUT2D eigenvalue weighted by atomic mass is 9.77. The number of nitrogens with one attached hydrogen (secondary N) is 1. The van der Waals surface area contributed by atoms with E-state index in [1.54, 1.807) is 12.4 Å². The summed E-state index contributed by atoms with van der Waals surface area (Å²) in [5.74, 6) is 1.60. The summed E-state index contributed by atoms with van der Waals surface area (Å²) in [5, 5.41) is 3.53. The van der Waals surface area contributed by atoms with Gasteiger partial charge in [-0.2, -0.15) is 0 Å². The predicted octanol–water partition coefficient (Wildman–Crippen LogP) is 3.72. The summed E-state index contributed by atoms with van der Waals surface area (Å²) in [4.78, 5) is 8.98. The van der Waals surface area contributed by atoms with Crippen molar-refractivity contribution in [2.45, 2.75) is 38.6 Å². The van der Waals surface area contributed by atoms with Gasteiger partial charge in [0.05, 0.1) is 11.0 Å². The Kier molecular flexibility index (Phi) is 3.97. The van der Waals surface area contributed by atoms with Crippen molar-refractivity contribution in [2.24, 2.45) is 11.8 Å². The van der Waals surface area contributed by atoms with Crippen LogP contribution in [-0.4, -0.2) is 17.0 Å². The smallest absolute Gasteiger partial charge is 0.0934 e. The molecule has 0 spiro atoms. The molecule has 2 aromatic rings. The van der Waals surface area contributed by atoms with E-state index in [9.17, 15) is 0 Å². The Morgan fingerprint density at radius 2 is 1.85 bits per heavy atom. The molecule has 3 nitrogen and oxygen atoms in total. The minimum Gasteiger partial charge on any atom is -0.313 e. The molecule has 0 aliphatic heterocycles. The highest BCUT2D eigenvalue weighted by atomic mass is 14.9. The van der Waals surface area contributed by atoms with Crippen LogP contribution in [0.1, 0.15) is 44.2 Å². The topological polar surface area (TPSA) is 37.8 Å². The first kappa shape index (κ1) is 13.5. The van der Waals surface area contributed by atoms with Gasteiger partial charge in [0.25, 0.3) is 0 Å². The zero-order chi connectivity index (χ0) is 13.9. The Hall–Kier alpha value is -1.48. The zero-order valence-electron chi connectivity index (χ0n) is 12.3. The number of fused-ring (bicyclic) bond motifs is 1. The van der Waals surface area contributed by atoms with Crippen molar-refractivity contribution in [3.8, 4) is 0 Å². The largest absolute Gasteiger partial charge is 0.313 e. The number of para-hydroxylation sites is 1. The molecule has 1 atom stereocenters. The van der Waals surface area contributed by atoms with E-state index in [2.05, 4.69) is 41.4 Å². The highest BCUT2D eigenvalue weighted by molar-refractivity contribution is 5.78.